The van der Waals surface area contributed by atoms with Gasteiger partial charge in [-0.15, -0.1) is 0 Å². The number of nitrogens with one attached hydrogen (secondary N) is 2. The summed E-state index contributed by atoms with van der Waals surface area (Å²) in [5.74, 6) is -1.52. The Bertz CT molecular complexity index is 1140. The van der Waals surface area contributed by atoms with E-state index >= 15 is 0 Å². The van der Waals surface area contributed by atoms with Crippen LogP contribution in [0.3, 0.4) is 0 Å². The molecule has 2 aliphatic heterocycles. The van der Waals surface area contributed by atoms with E-state index in [-0.39, 0.29) is 40.4 Å². The first kappa shape index (κ1) is 27.0. The number of piperidine rings is 1. The molecule has 0 radical (unpaired) electrons. The number of carbonyl (C=O) groups excluding carboxylic acids is 2. The van der Waals surface area contributed by atoms with E-state index in [0.29, 0.717) is 12.8 Å². The summed E-state index contributed by atoms with van der Waals surface area (Å²) in [6, 6.07) is 10.8. The summed E-state index contributed by atoms with van der Waals surface area (Å²) >= 11 is 5.71. The summed E-state index contributed by atoms with van der Waals surface area (Å²) in [7, 11) is 0. The van der Waals surface area contributed by atoms with Crippen LogP contribution in [-0.2, 0) is 4.79 Å². The zero-order valence-electron chi connectivity index (χ0n) is 20.4. The molecule has 3 atom stereocenters. The van der Waals surface area contributed by atoms with Crippen LogP contribution in [0.2, 0.25) is 5.02 Å². The highest BCUT2D eigenvalue weighted by Gasteiger charge is 2.42. The number of fused-ring (bicyclic) bond motifs is 2. The summed E-state index contributed by atoms with van der Waals surface area (Å²) in [6.45, 7) is 1.85. The molecule has 2 amide bonds. The molecule has 0 spiro atoms. The van der Waals surface area contributed by atoms with E-state index in [1.807, 2.05) is 5.32 Å². The number of ether oxygens (including phenoxy) is 1. The van der Waals surface area contributed by atoms with Gasteiger partial charge in [-0.2, -0.15) is 13.2 Å². The van der Waals surface area contributed by atoms with E-state index in [0.717, 1.165) is 24.6 Å². The number of rotatable bonds is 7. The fourth-order valence-electron chi connectivity index (χ4n) is 5.02. The molecule has 200 valence electrons. The third-order valence-corrected chi connectivity index (χ3v) is 7.06. The van der Waals surface area contributed by atoms with Crippen molar-refractivity contribution in [3.05, 3.63) is 58.9 Å². The van der Waals surface area contributed by atoms with E-state index in [4.69, 9.17) is 16.3 Å². The SMILES string of the molecule is CC(C)(Oc1ccc(Cl)c(F)c1)C(=O)NC1C[C@H]2CC[C@@H](C1)N2c1ccc(C(=O)NCC(F)(F)F)cc1. The maximum absolute atomic E-state index is 13.8. The smallest absolute Gasteiger partial charge is 0.405 e. The second-order valence-corrected chi connectivity index (χ2v) is 10.4. The minimum absolute atomic E-state index is 0.0313. The van der Waals surface area contributed by atoms with Crippen molar-refractivity contribution in [2.75, 3.05) is 11.4 Å². The molecule has 0 aromatic heterocycles. The fourth-order valence-corrected chi connectivity index (χ4v) is 5.14. The number of halogens is 5. The lowest BCUT2D eigenvalue weighted by atomic mass is 9.95. The van der Waals surface area contributed by atoms with Crippen molar-refractivity contribution in [1.29, 1.82) is 0 Å². The van der Waals surface area contributed by atoms with Crippen LogP contribution < -0.4 is 20.3 Å². The minimum atomic E-state index is -4.47. The number of amides is 2. The number of hydrogen-bond donors (Lipinski definition) is 2. The number of hydrogen-bond acceptors (Lipinski definition) is 4. The Labute approximate surface area is 217 Å². The van der Waals surface area contributed by atoms with Crippen molar-refractivity contribution in [1.82, 2.24) is 10.6 Å². The van der Waals surface area contributed by atoms with Crippen LogP contribution in [0.5, 0.6) is 5.75 Å². The summed E-state index contributed by atoms with van der Waals surface area (Å²) in [5, 5.41) is 4.91. The van der Waals surface area contributed by atoms with Gasteiger partial charge in [-0.25, -0.2) is 4.39 Å². The van der Waals surface area contributed by atoms with Crippen LogP contribution >= 0.6 is 11.6 Å². The molecular formula is C26H28ClF4N3O3. The van der Waals surface area contributed by atoms with Crippen molar-refractivity contribution in [3.8, 4) is 5.75 Å². The molecule has 2 aromatic carbocycles. The zero-order chi connectivity index (χ0) is 27.0. The Morgan fingerprint density at radius 3 is 2.24 bits per heavy atom. The predicted octanol–water partition coefficient (Wildman–Crippen LogP) is 5.24. The second-order valence-electron chi connectivity index (χ2n) is 9.97. The standard InChI is InChI=1S/C26H28ClF4N3O3/c1-25(2,37-20-9-10-21(27)22(28)13-20)24(36)33-16-11-18-7-8-19(12-16)34(18)17-5-3-15(4-6-17)23(35)32-14-26(29,30)31/h3-6,9-10,13,16,18-19H,7-8,11-12,14H2,1-2H3,(H,32,35)(H,33,36)/t16?,18-,19+. The van der Waals surface area contributed by atoms with E-state index in [1.54, 1.807) is 26.0 Å². The maximum Gasteiger partial charge on any atom is 0.405 e. The van der Waals surface area contributed by atoms with Crippen LogP contribution in [0.4, 0.5) is 23.2 Å². The molecule has 1 unspecified atom stereocenters. The fraction of sp³-hybridized carbons (Fsp3) is 0.462. The molecule has 2 bridgehead atoms. The predicted molar refractivity (Wildman–Crippen MR) is 131 cm³/mol. The topological polar surface area (TPSA) is 70.7 Å². The number of nitrogens with zero attached hydrogens (tertiary/aromatic N) is 1. The van der Waals surface area contributed by atoms with Crippen molar-refractivity contribution >= 4 is 29.1 Å². The zero-order valence-corrected chi connectivity index (χ0v) is 21.1. The number of carbonyl (C=O) groups is 2. The number of anilines is 1. The molecule has 11 heteroatoms. The quantitative estimate of drug-likeness (QED) is 0.470. The largest absolute Gasteiger partial charge is 0.478 e. The van der Waals surface area contributed by atoms with Gasteiger partial charge in [0, 0.05) is 35.4 Å². The lowest BCUT2D eigenvalue weighted by Crippen LogP contribution is -2.55. The first-order valence-corrected chi connectivity index (χ1v) is 12.4. The highest BCUT2D eigenvalue weighted by atomic mass is 35.5. The molecule has 2 fully saturated rings. The van der Waals surface area contributed by atoms with Gasteiger partial charge in [0.25, 0.3) is 11.8 Å². The summed E-state index contributed by atoms with van der Waals surface area (Å²) in [6.07, 6.45) is -1.17. The van der Waals surface area contributed by atoms with Crippen LogP contribution in [-0.4, -0.2) is 48.3 Å². The second kappa shape index (κ2) is 10.4. The van der Waals surface area contributed by atoms with Gasteiger partial charge in [0.2, 0.25) is 0 Å². The van der Waals surface area contributed by atoms with E-state index < -0.39 is 30.0 Å². The molecule has 0 aliphatic carbocycles. The van der Waals surface area contributed by atoms with E-state index in [9.17, 15) is 27.2 Å². The summed E-state index contributed by atoms with van der Waals surface area (Å²) < 4.78 is 56.6. The number of alkyl halides is 3. The Hall–Kier alpha value is -3.01. The minimum Gasteiger partial charge on any atom is -0.478 e. The summed E-state index contributed by atoms with van der Waals surface area (Å²) in [5.41, 5.74) is -0.192. The van der Waals surface area contributed by atoms with Crippen LogP contribution in [0.15, 0.2) is 42.5 Å². The Balaban J connectivity index is 1.35. The lowest BCUT2D eigenvalue weighted by Gasteiger charge is -2.41. The molecule has 37 heavy (non-hydrogen) atoms. The molecular weight excluding hydrogens is 514 g/mol. The Kier molecular flexibility index (Phi) is 7.60. The molecule has 0 saturated carbocycles. The molecule has 2 saturated heterocycles. The molecule has 2 N–H and O–H groups in total. The summed E-state index contributed by atoms with van der Waals surface area (Å²) in [4.78, 5) is 27.3. The van der Waals surface area contributed by atoms with Gasteiger partial charge in [0.05, 0.1) is 5.02 Å². The van der Waals surface area contributed by atoms with Crippen molar-refractivity contribution in [2.24, 2.45) is 0 Å². The average Bonchev–Trinajstić information content (AvgIpc) is 3.09. The highest BCUT2D eigenvalue weighted by Crippen LogP contribution is 2.39. The average molecular weight is 542 g/mol. The first-order chi connectivity index (χ1) is 17.3. The monoisotopic (exact) mass is 541 g/mol. The van der Waals surface area contributed by atoms with E-state index in [1.165, 1.54) is 24.3 Å². The molecule has 6 nitrogen and oxygen atoms in total. The van der Waals surface area contributed by atoms with Crippen molar-refractivity contribution in [2.45, 2.75) is 69.4 Å². The van der Waals surface area contributed by atoms with E-state index in [2.05, 4.69) is 10.2 Å². The molecule has 2 aliphatic rings. The third-order valence-electron chi connectivity index (χ3n) is 6.76. The van der Waals surface area contributed by atoms with Gasteiger partial charge in [0.1, 0.15) is 18.1 Å². The highest BCUT2D eigenvalue weighted by molar-refractivity contribution is 6.30. The van der Waals surface area contributed by atoms with Crippen LogP contribution in [0.25, 0.3) is 0 Å². The number of benzene rings is 2. The van der Waals surface area contributed by atoms with Crippen LogP contribution in [0, 0.1) is 5.82 Å². The third kappa shape index (κ3) is 6.47. The molecule has 4 rings (SSSR count). The van der Waals surface area contributed by atoms with Crippen molar-refractivity contribution < 1.29 is 31.9 Å². The Morgan fingerprint density at radius 1 is 1.05 bits per heavy atom. The van der Waals surface area contributed by atoms with Gasteiger partial charge < -0.3 is 20.3 Å². The normalized spacial score (nSPS) is 21.5. The molecule has 2 heterocycles. The lowest BCUT2D eigenvalue weighted by molar-refractivity contribution is -0.135. The Morgan fingerprint density at radius 2 is 1.68 bits per heavy atom. The van der Waals surface area contributed by atoms with Crippen LogP contribution in [0.1, 0.15) is 49.9 Å². The van der Waals surface area contributed by atoms with Gasteiger partial charge in [-0.05, 0) is 75.9 Å². The maximum atomic E-state index is 13.8. The van der Waals surface area contributed by atoms with Gasteiger partial charge >= 0.3 is 6.18 Å². The molecule has 2 aromatic rings. The van der Waals surface area contributed by atoms with Gasteiger partial charge in [-0.3, -0.25) is 9.59 Å². The van der Waals surface area contributed by atoms with Crippen molar-refractivity contribution in [3.63, 3.8) is 0 Å². The van der Waals surface area contributed by atoms with Gasteiger partial charge in [0.15, 0.2) is 5.60 Å². The van der Waals surface area contributed by atoms with Gasteiger partial charge in [-0.1, -0.05) is 11.6 Å². The first-order valence-electron chi connectivity index (χ1n) is 12.0.